The first-order chi connectivity index (χ1) is 7.75. The number of aromatic nitrogens is 1. The first kappa shape index (κ1) is 10.6. The lowest BCUT2D eigenvalue weighted by Crippen LogP contribution is -2.07. The smallest absolute Gasteiger partial charge is 0.0361 e. The fourth-order valence-corrected chi connectivity index (χ4v) is 1.52. The summed E-state index contributed by atoms with van der Waals surface area (Å²) in [5, 5.41) is 0. The topological polar surface area (TPSA) is 19.0 Å². The predicted octanol–water partition coefficient (Wildman–Crippen LogP) is 3.25. The van der Waals surface area contributed by atoms with Crippen LogP contribution in [0.4, 0.5) is 5.69 Å². The second kappa shape index (κ2) is 4.71. The van der Waals surface area contributed by atoms with Crippen molar-refractivity contribution in [2.24, 2.45) is 0 Å². The van der Waals surface area contributed by atoms with Gasteiger partial charge in [0.2, 0.25) is 0 Å². The highest BCUT2D eigenvalue weighted by Crippen LogP contribution is 2.14. The largest absolute Gasteiger partial charge is 0.378 e. The first-order valence-electron chi connectivity index (χ1n) is 5.34. The molecule has 0 fully saturated rings. The molecule has 0 unspecified atom stereocenters. The normalized spacial score (nSPS) is 10.9. The highest BCUT2D eigenvalue weighted by molar-refractivity contribution is 5.70. The lowest BCUT2D eigenvalue weighted by Gasteiger charge is -2.11. The number of benzene rings is 1. The van der Waals surface area contributed by atoms with E-state index in [2.05, 4.69) is 46.3 Å². The Balaban J connectivity index is 2.11. The number of aromatic amines is 1. The molecular formula is C14H16N2. The van der Waals surface area contributed by atoms with Gasteiger partial charge in [0.05, 0.1) is 0 Å². The summed E-state index contributed by atoms with van der Waals surface area (Å²) in [6.07, 6.45) is 8.11. The van der Waals surface area contributed by atoms with Gasteiger partial charge in [-0.3, -0.25) is 0 Å². The zero-order chi connectivity index (χ0) is 11.4. The third kappa shape index (κ3) is 2.54. The van der Waals surface area contributed by atoms with Crippen LogP contribution in [0.1, 0.15) is 11.1 Å². The Morgan fingerprint density at radius 3 is 2.19 bits per heavy atom. The Hall–Kier alpha value is -1.96. The quantitative estimate of drug-likeness (QED) is 0.827. The highest BCUT2D eigenvalue weighted by Gasteiger charge is 1.93. The molecule has 0 aliphatic carbocycles. The maximum absolute atomic E-state index is 3.03. The van der Waals surface area contributed by atoms with E-state index in [0.717, 1.165) is 0 Å². The van der Waals surface area contributed by atoms with Gasteiger partial charge in [0.1, 0.15) is 0 Å². The third-order valence-electron chi connectivity index (χ3n) is 2.50. The van der Waals surface area contributed by atoms with Gasteiger partial charge < -0.3 is 9.88 Å². The predicted molar refractivity (Wildman–Crippen MR) is 70.5 cm³/mol. The molecule has 1 heterocycles. The van der Waals surface area contributed by atoms with Crippen LogP contribution in [0.3, 0.4) is 0 Å². The highest BCUT2D eigenvalue weighted by atomic mass is 15.1. The van der Waals surface area contributed by atoms with Crippen molar-refractivity contribution in [3.8, 4) is 0 Å². The summed E-state index contributed by atoms with van der Waals surface area (Å²) in [6, 6.07) is 10.5. The lowest BCUT2D eigenvalue weighted by molar-refractivity contribution is 1.13. The van der Waals surface area contributed by atoms with E-state index in [4.69, 9.17) is 0 Å². The number of anilines is 1. The molecule has 2 aromatic rings. The standard InChI is InChI=1S/C14H16N2/c1-16(2)14-7-5-12(6-8-14)3-4-13-9-10-15-11-13/h3-11,15H,1-2H3. The minimum absolute atomic E-state index is 1.19. The Morgan fingerprint density at radius 1 is 0.938 bits per heavy atom. The van der Waals surface area contributed by atoms with Crippen molar-refractivity contribution in [2.75, 3.05) is 19.0 Å². The molecule has 1 aromatic heterocycles. The molecule has 0 aliphatic heterocycles. The zero-order valence-corrected chi connectivity index (χ0v) is 9.64. The monoisotopic (exact) mass is 212 g/mol. The average Bonchev–Trinajstić information content (AvgIpc) is 2.80. The fourth-order valence-electron chi connectivity index (χ4n) is 1.52. The van der Waals surface area contributed by atoms with E-state index in [9.17, 15) is 0 Å². The van der Waals surface area contributed by atoms with Crippen molar-refractivity contribution in [2.45, 2.75) is 0 Å². The number of nitrogens with one attached hydrogen (secondary N) is 1. The van der Waals surface area contributed by atoms with Crippen LogP contribution in [0, 0.1) is 0 Å². The minimum atomic E-state index is 1.19. The van der Waals surface area contributed by atoms with E-state index in [1.54, 1.807) is 0 Å². The molecule has 2 rings (SSSR count). The lowest BCUT2D eigenvalue weighted by atomic mass is 10.1. The van der Waals surface area contributed by atoms with Gasteiger partial charge in [-0.2, -0.15) is 0 Å². The Kier molecular flexibility index (Phi) is 3.10. The summed E-state index contributed by atoms with van der Waals surface area (Å²) in [5.74, 6) is 0. The molecule has 1 N–H and O–H groups in total. The zero-order valence-electron chi connectivity index (χ0n) is 9.64. The van der Waals surface area contributed by atoms with E-state index >= 15 is 0 Å². The second-order valence-electron chi connectivity index (χ2n) is 3.96. The summed E-state index contributed by atoms with van der Waals surface area (Å²) >= 11 is 0. The average molecular weight is 212 g/mol. The molecule has 0 saturated heterocycles. The van der Waals surface area contributed by atoms with E-state index in [0.29, 0.717) is 0 Å². The van der Waals surface area contributed by atoms with Gasteiger partial charge in [0.15, 0.2) is 0 Å². The summed E-state index contributed by atoms with van der Waals surface area (Å²) in [5.41, 5.74) is 3.63. The van der Waals surface area contributed by atoms with Crippen LogP contribution in [0.15, 0.2) is 42.7 Å². The fraction of sp³-hybridized carbons (Fsp3) is 0.143. The van der Waals surface area contributed by atoms with E-state index in [1.165, 1.54) is 16.8 Å². The molecule has 0 saturated carbocycles. The van der Waals surface area contributed by atoms with E-state index < -0.39 is 0 Å². The van der Waals surface area contributed by atoms with Crippen molar-refractivity contribution in [3.63, 3.8) is 0 Å². The maximum Gasteiger partial charge on any atom is 0.0361 e. The molecular weight excluding hydrogens is 196 g/mol. The molecule has 0 atom stereocenters. The van der Waals surface area contributed by atoms with Crippen LogP contribution in [-0.4, -0.2) is 19.1 Å². The van der Waals surface area contributed by atoms with E-state index in [1.807, 2.05) is 32.6 Å². The van der Waals surface area contributed by atoms with Crippen LogP contribution in [0.5, 0.6) is 0 Å². The van der Waals surface area contributed by atoms with Crippen LogP contribution >= 0.6 is 0 Å². The van der Waals surface area contributed by atoms with Crippen LogP contribution in [0.25, 0.3) is 12.2 Å². The molecule has 82 valence electrons. The first-order valence-corrected chi connectivity index (χ1v) is 5.34. The summed E-state index contributed by atoms with van der Waals surface area (Å²) in [6.45, 7) is 0. The number of H-pyrrole nitrogens is 1. The van der Waals surface area contributed by atoms with E-state index in [-0.39, 0.29) is 0 Å². The van der Waals surface area contributed by atoms with Crippen molar-refractivity contribution in [1.29, 1.82) is 0 Å². The van der Waals surface area contributed by atoms with Crippen molar-refractivity contribution in [1.82, 2.24) is 4.98 Å². The van der Waals surface area contributed by atoms with Gasteiger partial charge >= 0.3 is 0 Å². The van der Waals surface area contributed by atoms with Crippen LogP contribution < -0.4 is 4.90 Å². The second-order valence-corrected chi connectivity index (χ2v) is 3.96. The van der Waals surface area contributed by atoms with Crippen LogP contribution in [-0.2, 0) is 0 Å². The molecule has 2 nitrogen and oxygen atoms in total. The van der Waals surface area contributed by atoms with Gasteiger partial charge in [0.25, 0.3) is 0 Å². The Bertz CT molecular complexity index is 450. The van der Waals surface area contributed by atoms with Gasteiger partial charge in [-0.05, 0) is 29.3 Å². The molecule has 2 heteroatoms. The summed E-state index contributed by atoms with van der Waals surface area (Å²) < 4.78 is 0. The minimum Gasteiger partial charge on any atom is -0.378 e. The number of rotatable bonds is 3. The molecule has 0 bridgehead atoms. The molecule has 0 aliphatic rings. The molecule has 1 aromatic carbocycles. The summed E-state index contributed by atoms with van der Waals surface area (Å²) in [4.78, 5) is 5.13. The molecule has 0 spiro atoms. The summed E-state index contributed by atoms with van der Waals surface area (Å²) in [7, 11) is 4.09. The SMILES string of the molecule is CN(C)c1ccc(C=Cc2cc[nH]c2)cc1. The molecule has 16 heavy (non-hydrogen) atoms. The maximum atomic E-state index is 3.03. The van der Waals surface area contributed by atoms with Gasteiger partial charge in [-0.15, -0.1) is 0 Å². The number of hydrogen-bond donors (Lipinski definition) is 1. The van der Waals surface area contributed by atoms with Gasteiger partial charge in [-0.25, -0.2) is 0 Å². The molecule has 0 radical (unpaired) electrons. The molecule has 0 amide bonds. The number of hydrogen-bond acceptors (Lipinski definition) is 1. The van der Waals surface area contributed by atoms with Crippen LogP contribution in [0.2, 0.25) is 0 Å². The van der Waals surface area contributed by atoms with Crippen molar-refractivity contribution < 1.29 is 0 Å². The van der Waals surface area contributed by atoms with Crippen molar-refractivity contribution in [3.05, 3.63) is 53.9 Å². The van der Waals surface area contributed by atoms with Crippen molar-refractivity contribution >= 4 is 17.8 Å². The van der Waals surface area contributed by atoms with Gasteiger partial charge in [0, 0.05) is 32.2 Å². The Labute approximate surface area is 96.2 Å². The van der Waals surface area contributed by atoms with Gasteiger partial charge in [-0.1, -0.05) is 24.3 Å². The number of nitrogens with zero attached hydrogens (tertiary/aromatic N) is 1. The Morgan fingerprint density at radius 2 is 1.62 bits per heavy atom. The third-order valence-corrected chi connectivity index (χ3v) is 2.50.